The largest absolute Gasteiger partial charge is 0.481 e. The molecule has 22 heavy (non-hydrogen) atoms. The van der Waals surface area contributed by atoms with Crippen LogP contribution in [0, 0.1) is 0 Å². The maximum Gasteiger partial charge on any atom is 0.336 e. The fourth-order valence-electron chi connectivity index (χ4n) is 1.86. The van der Waals surface area contributed by atoms with Gasteiger partial charge in [0.15, 0.2) is 0 Å². The van der Waals surface area contributed by atoms with Crippen LogP contribution in [0.1, 0.15) is 22.3 Å². The minimum absolute atomic E-state index is 0.00207. The molecule has 2 N–H and O–H groups in total. The van der Waals surface area contributed by atoms with Crippen LogP contribution in [-0.4, -0.2) is 43.8 Å². The van der Waals surface area contributed by atoms with Crippen LogP contribution in [0.4, 0.5) is 0 Å². The van der Waals surface area contributed by atoms with Gasteiger partial charge in [0.25, 0.3) is 5.91 Å². The predicted molar refractivity (Wildman–Crippen MR) is 85.5 cm³/mol. The Morgan fingerprint density at radius 1 is 1.27 bits per heavy atom. The van der Waals surface area contributed by atoms with Crippen molar-refractivity contribution < 1.29 is 24.6 Å². The highest BCUT2D eigenvalue weighted by Crippen LogP contribution is 2.33. The number of amides is 1. The Morgan fingerprint density at radius 3 is 2.59 bits per heavy atom. The molecule has 1 aromatic rings. The van der Waals surface area contributed by atoms with Crippen molar-refractivity contribution in [1.82, 2.24) is 4.90 Å². The first-order chi connectivity index (χ1) is 10.4. The molecule has 1 saturated heterocycles. The molecule has 6 nitrogen and oxygen atoms in total. The van der Waals surface area contributed by atoms with E-state index >= 15 is 0 Å². The number of aliphatic carboxylic acids is 1. The summed E-state index contributed by atoms with van der Waals surface area (Å²) in [4.78, 5) is 35.5. The van der Waals surface area contributed by atoms with E-state index in [2.05, 4.69) is 0 Å². The van der Waals surface area contributed by atoms with Gasteiger partial charge in [0, 0.05) is 6.54 Å². The highest BCUT2D eigenvalue weighted by atomic mass is 32.2. The number of carbonyl (C=O) groups excluding carboxylic acids is 1. The predicted octanol–water partition coefficient (Wildman–Crippen LogP) is 2.06. The lowest BCUT2D eigenvalue weighted by atomic mass is 10.1. The minimum atomic E-state index is -1.09. The maximum absolute atomic E-state index is 12.2. The number of carbonyl (C=O) groups is 3. The van der Waals surface area contributed by atoms with Gasteiger partial charge in [-0.1, -0.05) is 42.2 Å². The van der Waals surface area contributed by atoms with Crippen LogP contribution < -0.4 is 0 Å². The number of hydrogen-bond acceptors (Lipinski definition) is 5. The van der Waals surface area contributed by atoms with E-state index < -0.39 is 17.8 Å². The lowest BCUT2D eigenvalue weighted by molar-refractivity contribution is -0.137. The summed E-state index contributed by atoms with van der Waals surface area (Å²) in [5.74, 6) is -2.51. The van der Waals surface area contributed by atoms with Gasteiger partial charge in [0.2, 0.25) is 0 Å². The van der Waals surface area contributed by atoms with Crippen LogP contribution in [0.25, 0.3) is 6.08 Å². The number of carboxylic acids is 2. The average molecular weight is 337 g/mol. The Bertz CT molecular complexity index is 698. The number of rotatable bonds is 5. The molecule has 0 aliphatic carbocycles. The number of thioether (sulfide) groups is 1. The second-order valence-corrected chi connectivity index (χ2v) is 6.05. The second-order valence-electron chi connectivity index (χ2n) is 4.37. The van der Waals surface area contributed by atoms with Gasteiger partial charge in [0.05, 0.1) is 16.9 Å². The summed E-state index contributed by atoms with van der Waals surface area (Å²) in [5, 5.41) is 17.8. The minimum Gasteiger partial charge on any atom is -0.481 e. The molecular weight excluding hydrogens is 326 g/mol. The molecule has 1 heterocycles. The van der Waals surface area contributed by atoms with Crippen LogP contribution in [0.3, 0.4) is 0 Å². The fourth-order valence-corrected chi connectivity index (χ4v) is 3.16. The maximum atomic E-state index is 12.2. The van der Waals surface area contributed by atoms with Crippen molar-refractivity contribution in [3.63, 3.8) is 0 Å². The molecule has 1 fully saturated rings. The van der Waals surface area contributed by atoms with Crippen LogP contribution in [-0.2, 0) is 9.59 Å². The number of hydrogen-bond donors (Lipinski definition) is 2. The van der Waals surface area contributed by atoms with Crippen molar-refractivity contribution in [2.75, 3.05) is 6.54 Å². The normalized spacial score (nSPS) is 16.4. The summed E-state index contributed by atoms with van der Waals surface area (Å²) in [7, 11) is 0. The molecule has 0 aromatic heterocycles. The third kappa shape index (κ3) is 3.52. The van der Waals surface area contributed by atoms with Gasteiger partial charge in [-0.15, -0.1) is 0 Å². The van der Waals surface area contributed by atoms with Crippen molar-refractivity contribution in [1.29, 1.82) is 0 Å². The highest BCUT2D eigenvalue weighted by Gasteiger charge is 2.32. The molecule has 1 aliphatic heterocycles. The smallest absolute Gasteiger partial charge is 0.336 e. The molecule has 8 heteroatoms. The fraction of sp³-hybridized carbons (Fsp3) is 0.143. The quantitative estimate of drug-likeness (QED) is 0.627. The number of benzene rings is 1. The van der Waals surface area contributed by atoms with Gasteiger partial charge in [-0.05, 0) is 17.7 Å². The molecule has 0 saturated carbocycles. The molecule has 1 aromatic carbocycles. The lowest BCUT2D eigenvalue weighted by Crippen LogP contribution is -2.30. The molecule has 114 valence electrons. The Kier molecular flexibility index (Phi) is 4.94. The first-order valence-corrected chi connectivity index (χ1v) is 7.42. The van der Waals surface area contributed by atoms with Crippen LogP contribution in [0.15, 0.2) is 29.2 Å². The van der Waals surface area contributed by atoms with Crippen molar-refractivity contribution in [3.8, 4) is 0 Å². The molecule has 0 radical (unpaired) electrons. The second kappa shape index (κ2) is 6.71. The molecular formula is C14H11NO5S2. The average Bonchev–Trinajstić information content (AvgIpc) is 2.71. The summed E-state index contributed by atoms with van der Waals surface area (Å²) >= 11 is 6.10. The Labute approximate surface area is 135 Å². The molecule has 0 bridgehead atoms. The summed E-state index contributed by atoms with van der Waals surface area (Å²) in [6.07, 6.45) is 1.26. The van der Waals surface area contributed by atoms with Crippen molar-refractivity contribution in [2.45, 2.75) is 6.42 Å². The van der Waals surface area contributed by atoms with Crippen molar-refractivity contribution in [3.05, 3.63) is 40.3 Å². The van der Waals surface area contributed by atoms with E-state index in [1.807, 2.05) is 0 Å². The van der Waals surface area contributed by atoms with Gasteiger partial charge >= 0.3 is 11.9 Å². The van der Waals surface area contributed by atoms with E-state index in [1.54, 1.807) is 18.2 Å². The van der Waals surface area contributed by atoms with Gasteiger partial charge in [-0.2, -0.15) is 0 Å². The Hall–Kier alpha value is -2.19. The molecule has 0 spiro atoms. The first kappa shape index (κ1) is 16.2. The van der Waals surface area contributed by atoms with Gasteiger partial charge in [-0.25, -0.2) is 4.79 Å². The topological polar surface area (TPSA) is 94.9 Å². The summed E-state index contributed by atoms with van der Waals surface area (Å²) < 4.78 is 0.269. The van der Waals surface area contributed by atoms with E-state index in [4.69, 9.17) is 22.4 Å². The number of carboxylic acid groups (broad SMARTS) is 2. The van der Waals surface area contributed by atoms with Crippen molar-refractivity contribution >= 4 is 52.2 Å². The van der Waals surface area contributed by atoms with E-state index in [0.717, 1.165) is 11.8 Å². The van der Waals surface area contributed by atoms with Crippen LogP contribution >= 0.6 is 24.0 Å². The van der Waals surface area contributed by atoms with E-state index in [1.165, 1.54) is 17.0 Å². The highest BCUT2D eigenvalue weighted by molar-refractivity contribution is 8.26. The summed E-state index contributed by atoms with van der Waals surface area (Å²) in [6.45, 7) is -0.00207. The van der Waals surface area contributed by atoms with E-state index in [9.17, 15) is 14.4 Å². The molecule has 1 amide bonds. The van der Waals surface area contributed by atoms with Crippen LogP contribution in [0.5, 0.6) is 0 Å². The summed E-state index contributed by atoms with van der Waals surface area (Å²) in [5.41, 5.74) is 0.479. The molecule has 0 atom stereocenters. The van der Waals surface area contributed by atoms with E-state index in [-0.39, 0.29) is 27.8 Å². The molecule has 1 aliphatic rings. The van der Waals surface area contributed by atoms with Crippen molar-refractivity contribution in [2.24, 2.45) is 0 Å². The van der Waals surface area contributed by atoms with Gasteiger partial charge in [-0.3, -0.25) is 14.5 Å². The Balaban J connectivity index is 2.27. The molecule has 0 unspecified atom stereocenters. The zero-order chi connectivity index (χ0) is 16.3. The van der Waals surface area contributed by atoms with Gasteiger partial charge in [0.1, 0.15) is 4.32 Å². The van der Waals surface area contributed by atoms with Gasteiger partial charge < -0.3 is 10.2 Å². The number of thiocarbonyl (C=S) groups is 1. The van der Waals surface area contributed by atoms with E-state index in [0.29, 0.717) is 5.56 Å². The monoisotopic (exact) mass is 337 g/mol. The zero-order valence-electron chi connectivity index (χ0n) is 11.2. The number of nitrogens with zero attached hydrogens (tertiary/aromatic N) is 1. The van der Waals surface area contributed by atoms with Crippen LogP contribution in [0.2, 0.25) is 0 Å². The third-order valence-electron chi connectivity index (χ3n) is 2.90. The first-order valence-electron chi connectivity index (χ1n) is 6.19. The SMILES string of the molecule is O=C(O)CCN1C(=O)/C(=C/c2ccccc2C(=O)O)SC1=S. The standard InChI is InChI=1S/C14H11NO5S2/c16-11(17)5-6-15-12(18)10(22-14(15)21)7-8-3-1-2-4-9(8)13(19)20/h1-4,7H,5-6H2,(H,16,17)(H,19,20)/b10-7-. The zero-order valence-corrected chi connectivity index (χ0v) is 12.8. The Morgan fingerprint density at radius 2 is 1.95 bits per heavy atom. The third-order valence-corrected chi connectivity index (χ3v) is 4.28. The number of aromatic carboxylic acids is 1. The lowest BCUT2D eigenvalue weighted by Gasteiger charge is -2.12. The molecule has 2 rings (SSSR count). The summed E-state index contributed by atoms with van der Waals surface area (Å²) in [6, 6.07) is 6.30.